The first-order chi connectivity index (χ1) is 11.0. The van der Waals surface area contributed by atoms with E-state index in [0.717, 1.165) is 42.4 Å². The number of rotatable bonds is 2. The number of hydrogen-bond donors (Lipinski definition) is 0. The third kappa shape index (κ3) is 2.18. The highest BCUT2D eigenvalue weighted by Crippen LogP contribution is 2.37. The minimum atomic E-state index is 0.332. The highest BCUT2D eigenvalue weighted by atomic mass is 15.5. The van der Waals surface area contributed by atoms with Crippen molar-refractivity contribution in [3.63, 3.8) is 0 Å². The van der Waals surface area contributed by atoms with E-state index in [1.807, 2.05) is 30.8 Å². The first-order valence-corrected chi connectivity index (χ1v) is 8.02. The van der Waals surface area contributed by atoms with Crippen LogP contribution < -0.4 is 4.90 Å². The predicted octanol–water partition coefficient (Wildman–Crippen LogP) is 2.12. The van der Waals surface area contributed by atoms with E-state index in [1.165, 1.54) is 11.3 Å². The van der Waals surface area contributed by atoms with Crippen molar-refractivity contribution in [2.45, 2.75) is 39.7 Å². The van der Waals surface area contributed by atoms with Gasteiger partial charge in [0.2, 0.25) is 0 Å². The average Bonchev–Trinajstić information content (AvgIpc) is 3.16. The van der Waals surface area contributed by atoms with E-state index in [2.05, 4.69) is 39.0 Å². The van der Waals surface area contributed by atoms with Gasteiger partial charge in [-0.15, -0.1) is 14.8 Å². The molecule has 4 rings (SSSR count). The van der Waals surface area contributed by atoms with Crippen LogP contribution in [0.25, 0.3) is 5.65 Å². The van der Waals surface area contributed by atoms with Crippen LogP contribution in [0.15, 0.2) is 12.1 Å². The molecule has 1 atom stereocenters. The molecule has 0 bridgehead atoms. The van der Waals surface area contributed by atoms with E-state index in [9.17, 15) is 0 Å². The molecule has 1 aliphatic rings. The molecule has 0 spiro atoms. The SMILES string of the molecule is Cc1nc2ccc(N3CCC[C@@H]3c3c(C)nn(C)c3C)nn2n1. The molecule has 3 aromatic rings. The molecular formula is C16H21N7. The van der Waals surface area contributed by atoms with Crippen molar-refractivity contribution in [2.24, 2.45) is 7.05 Å². The number of anilines is 1. The Bertz CT molecular complexity index is 876. The van der Waals surface area contributed by atoms with Gasteiger partial charge < -0.3 is 4.90 Å². The molecule has 3 aromatic heterocycles. The number of aryl methyl sites for hydroxylation is 3. The molecule has 0 amide bonds. The van der Waals surface area contributed by atoms with Gasteiger partial charge in [0.05, 0.1) is 11.7 Å². The van der Waals surface area contributed by atoms with Gasteiger partial charge in [-0.1, -0.05) is 0 Å². The van der Waals surface area contributed by atoms with Gasteiger partial charge in [-0.2, -0.15) is 5.10 Å². The fourth-order valence-corrected chi connectivity index (χ4v) is 3.64. The summed E-state index contributed by atoms with van der Waals surface area (Å²) >= 11 is 0. The molecular weight excluding hydrogens is 290 g/mol. The van der Waals surface area contributed by atoms with Gasteiger partial charge in [-0.05, 0) is 45.7 Å². The zero-order chi connectivity index (χ0) is 16.1. The maximum absolute atomic E-state index is 4.66. The molecule has 7 nitrogen and oxygen atoms in total. The summed E-state index contributed by atoms with van der Waals surface area (Å²) in [5.74, 6) is 1.69. The Balaban J connectivity index is 1.76. The monoisotopic (exact) mass is 311 g/mol. The lowest BCUT2D eigenvalue weighted by Gasteiger charge is -2.26. The molecule has 0 unspecified atom stereocenters. The molecule has 1 fully saturated rings. The maximum Gasteiger partial charge on any atom is 0.176 e. The summed E-state index contributed by atoms with van der Waals surface area (Å²) in [6.45, 7) is 7.12. The lowest BCUT2D eigenvalue weighted by Crippen LogP contribution is -2.25. The quantitative estimate of drug-likeness (QED) is 0.725. The van der Waals surface area contributed by atoms with Gasteiger partial charge in [0, 0.05) is 24.8 Å². The molecule has 120 valence electrons. The van der Waals surface area contributed by atoms with Crippen LogP contribution in [0.5, 0.6) is 0 Å². The summed E-state index contributed by atoms with van der Waals surface area (Å²) in [4.78, 5) is 6.72. The Kier molecular flexibility index (Phi) is 3.11. The molecule has 0 saturated carbocycles. The van der Waals surface area contributed by atoms with Gasteiger partial charge in [-0.3, -0.25) is 4.68 Å². The Morgan fingerprint density at radius 1 is 1.09 bits per heavy atom. The summed E-state index contributed by atoms with van der Waals surface area (Å²) in [5, 5.41) is 13.6. The number of hydrogen-bond acceptors (Lipinski definition) is 5. The lowest BCUT2D eigenvalue weighted by atomic mass is 10.0. The molecule has 0 N–H and O–H groups in total. The first-order valence-electron chi connectivity index (χ1n) is 8.02. The molecule has 23 heavy (non-hydrogen) atoms. The summed E-state index contributed by atoms with van der Waals surface area (Å²) in [6, 6.07) is 4.36. The van der Waals surface area contributed by atoms with E-state index >= 15 is 0 Å². The van der Waals surface area contributed by atoms with E-state index < -0.39 is 0 Å². The second-order valence-corrected chi connectivity index (χ2v) is 6.26. The minimum absolute atomic E-state index is 0.332. The molecule has 0 radical (unpaired) electrons. The van der Waals surface area contributed by atoms with Crippen molar-refractivity contribution >= 4 is 11.5 Å². The van der Waals surface area contributed by atoms with Gasteiger partial charge >= 0.3 is 0 Å². The summed E-state index contributed by atoms with van der Waals surface area (Å²) in [6.07, 6.45) is 2.29. The Hall–Kier alpha value is -2.44. The third-order valence-corrected chi connectivity index (χ3v) is 4.74. The Morgan fingerprint density at radius 2 is 1.91 bits per heavy atom. The van der Waals surface area contributed by atoms with Gasteiger partial charge in [0.25, 0.3) is 0 Å². The molecule has 4 heterocycles. The molecule has 0 aliphatic carbocycles. The lowest BCUT2D eigenvalue weighted by molar-refractivity contribution is 0.678. The van der Waals surface area contributed by atoms with Crippen molar-refractivity contribution in [3.8, 4) is 0 Å². The Morgan fingerprint density at radius 3 is 2.65 bits per heavy atom. The van der Waals surface area contributed by atoms with E-state index in [1.54, 1.807) is 4.63 Å². The summed E-state index contributed by atoms with van der Waals surface area (Å²) in [5.41, 5.74) is 4.47. The number of fused-ring (bicyclic) bond motifs is 1. The average molecular weight is 311 g/mol. The van der Waals surface area contributed by atoms with Crippen LogP contribution in [0.3, 0.4) is 0 Å². The molecule has 1 saturated heterocycles. The van der Waals surface area contributed by atoms with Crippen molar-refractivity contribution in [2.75, 3.05) is 11.4 Å². The topological polar surface area (TPSA) is 64.1 Å². The van der Waals surface area contributed by atoms with Crippen LogP contribution in [0.2, 0.25) is 0 Å². The van der Waals surface area contributed by atoms with E-state index in [-0.39, 0.29) is 0 Å². The summed E-state index contributed by atoms with van der Waals surface area (Å²) < 4.78 is 3.60. The van der Waals surface area contributed by atoms with Gasteiger partial charge in [0.1, 0.15) is 5.82 Å². The van der Waals surface area contributed by atoms with Crippen LogP contribution in [0.4, 0.5) is 5.82 Å². The zero-order valence-corrected chi connectivity index (χ0v) is 14.0. The second-order valence-electron chi connectivity index (χ2n) is 6.26. The van der Waals surface area contributed by atoms with Crippen LogP contribution in [0, 0.1) is 20.8 Å². The largest absolute Gasteiger partial charge is 0.348 e. The van der Waals surface area contributed by atoms with Crippen LogP contribution in [-0.2, 0) is 7.05 Å². The van der Waals surface area contributed by atoms with Crippen molar-refractivity contribution in [1.29, 1.82) is 0 Å². The molecule has 7 heteroatoms. The number of nitrogens with zero attached hydrogens (tertiary/aromatic N) is 7. The van der Waals surface area contributed by atoms with Crippen LogP contribution in [0.1, 0.15) is 41.7 Å². The smallest absolute Gasteiger partial charge is 0.176 e. The third-order valence-electron chi connectivity index (χ3n) is 4.74. The summed E-state index contributed by atoms with van der Waals surface area (Å²) in [7, 11) is 2.01. The zero-order valence-electron chi connectivity index (χ0n) is 14.0. The second kappa shape index (κ2) is 5.04. The van der Waals surface area contributed by atoms with Crippen molar-refractivity contribution < 1.29 is 0 Å². The van der Waals surface area contributed by atoms with Gasteiger partial charge in [-0.25, -0.2) is 4.98 Å². The van der Waals surface area contributed by atoms with Gasteiger partial charge in [0.15, 0.2) is 11.5 Å². The van der Waals surface area contributed by atoms with Crippen molar-refractivity contribution in [3.05, 3.63) is 34.9 Å². The van der Waals surface area contributed by atoms with Crippen LogP contribution >= 0.6 is 0 Å². The first kappa shape index (κ1) is 14.2. The fourth-order valence-electron chi connectivity index (χ4n) is 3.64. The standard InChI is InChI=1S/C16H21N7/c1-10-16(11(2)21(4)18-10)13-6-5-9-22(13)15-8-7-14-17-12(3)19-23(14)20-15/h7-8,13H,5-6,9H2,1-4H3/t13-/m1/s1. The predicted molar refractivity (Wildman–Crippen MR) is 87.5 cm³/mol. The fraction of sp³-hybridized carbons (Fsp3) is 0.500. The Labute approximate surface area is 134 Å². The van der Waals surface area contributed by atoms with E-state index in [0.29, 0.717) is 6.04 Å². The molecule has 0 aromatic carbocycles. The van der Waals surface area contributed by atoms with Crippen LogP contribution in [-0.4, -0.2) is 36.1 Å². The minimum Gasteiger partial charge on any atom is -0.348 e. The highest BCUT2D eigenvalue weighted by Gasteiger charge is 2.31. The normalized spacial score (nSPS) is 18.3. The molecule has 1 aliphatic heterocycles. The van der Waals surface area contributed by atoms with Crippen molar-refractivity contribution in [1.82, 2.24) is 29.6 Å². The highest BCUT2D eigenvalue weighted by molar-refractivity contribution is 5.49. The van der Waals surface area contributed by atoms with E-state index in [4.69, 9.17) is 0 Å². The maximum atomic E-state index is 4.66. The number of aromatic nitrogens is 6.